The van der Waals surface area contributed by atoms with E-state index in [2.05, 4.69) is 0 Å². The number of carboxylic acids is 1. The summed E-state index contributed by atoms with van der Waals surface area (Å²) in [5.74, 6) is -0.789. The van der Waals surface area contributed by atoms with Crippen LogP contribution in [0.1, 0.15) is 46.0 Å². The van der Waals surface area contributed by atoms with Gasteiger partial charge in [-0.3, -0.25) is 4.79 Å². The number of hydrogen-bond acceptors (Lipinski definition) is 5. The van der Waals surface area contributed by atoms with E-state index in [1.807, 2.05) is 6.92 Å². The van der Waals surface area contributed by atoms with Crippen LogP contribution in [0.3, 0.4) is 0 Å². The molecule has 1 aliphatic rings. The largest absolute Gasteiger partial charge is 0.481 e. The predicted molar refractivity (Wildman–Crippen MR) is 67.6 cm³/mol. The summed E-state index contributed by atoms with van der Waals surface area (Å²) in [6, 6.07) is 0. The highest BCUT2D eigenvalue weighted by molar-refractivity contribution is 5.66. The molecule has 0 radical (unpaired) electrons. The fourth-order valence-corrected chi connectivity index (χ4v) is 2.07. The van der Waals surface area contributed by atoms with Crippen molar-refractivity contribution in [3.05, 3.63) is 0 Å². The number of aliphatic hydroxyl groups is 2. The van der Waals surface area contributed by atoms with Crippen LogP contribution in [0.15, 0.2) is 0 Å². The van der Waals surface area contributed by atoms with Gasteiger partial charge in [0.1, 0.15) is 6.10 Å². The van der Waals surface area contributed by atoms with Gasteiger partial charge >= 0.3 is 5.97 Å². The van der Waals surface area contributed by atoms with E-state index in [4.69, 9.17) is 14.6 Å². The van der Waals surface area contributed by atoms with E-state index in [0.717, 1.165) is 12.8 Å². The van der Waals surface area contributed by atoms with Crippen molar-refractivity contribution >= 4 is 5.97 Å². The van der Waals surface area contributed by atoms with Gasteiger partial charge in [-0.05, 0) is 26.7 Å². The van der Waals surface area contributed by atoms with Crippen LogP contribution >= 0.6 is 0 Å². The van der Waals surface area contributed by atoms with Crippen LogP contribution in [-0.4, -0.2) is 52.0 Å². The van der Waals surface area contributed by atoms with E-state index in [1.165, 1.54) is 0 Å². The van der Waals surface area contributed by atoms with Crippen molar-refractivity contribution in [1.82, 2.24) is 0 Å². The average molecular weight is 276 g/mol. The van der Waals surface area contributed by atoms with Gasteiger partial charge in [-0.15, -0.1) is 0 Å². The lowest BCUT2D eigenvalue weighted by Crippen LogP contribution is -2.48. The first-order valence-electron chi connectivity index (χ1n) is 6.79. The van der Waals surface area contributed by atoms with Gasteiger partial charge < -0.3 is 24.8 Å². The number of aliphatic hydroxyl groups excluding tert-OH is 2. The van der Waals surface area contributed by atoms with E-state index in [9.17, 15) is 15.0 Å². The molecule has 5 atom stereocenters. The number of carbonyl (C=O) groups is 1. The second-order valence-corrected chi connectivity index (χ2v) is 5.17. The molecule has 0 bridgehead atoms. The zero-order valence-corrected chi connectivity index (χ0v) is 11.5. The summed E-state index contributed by atoms with van der Waals surface area (Å²) in [6.45, 7) is 3.61. The maximum Gasteiger partial charge on any atom is 0.303 e. The molecule has 0 aliphatic carbocycles. The Bertz CT molecular complexity index is 282. The Morgan fingerprint density at radius 3 is 2.68 bits per heavy atom. The van der Waals surface area contributed by atoms with Crippen molar-refractivity contribution in [2.75, 3.05) is 0 Å². The lowest BCUT2D eigenvalue weighted by molar-refractivity contribution is -0.273. The quantitative estimate of drug-likeness (QED) is 0.598. The monoisotopic (exact) mass is 276 g/mol. The summed E-state index contributed by atoms with van der Waals surface area (Å²) >= 11 is 0. The second-order valence-electron chi connectivity index (χ2n) is 5.17. The van der Waals surface area contributed by atoms with Gasteiger partial charge in [-0.2, -0.15) is 0 Å². The molecule has 19 heavy (non-hydrogen) atoms. The lowest BCUT2D eigenvalue weighted by atomic mass is 10.0. The number of rotatable bonds is 7. The van der Waals surface area contributed by atoms with Crippen LogP contribution < -0.4 is 0 Å². The molecular weight excluding hydrogens is 252 g/mol. The molecule has 0 aromatic heterocycles. The highest BCUT2D eigenvalue weighted by Gasteiger charge is 2.35. The first-order valence-corrected chi connectivity index (χ1v) is 6.79. The predicted octanol–water partition coefficient (Wildman–Crippen LogP) is 0.893. The smallest absolute Gasteiger partial charge is 0.303 e. The number of aliphatic carboxylic acids is 1. The normalized spacial score (nSPS) is 33.1. The summed E-state index contributed by atoms with van der Waals surface area (Å²) in [4.78, 5) is 10.4. The molecule has 6 heteroatoms. The summed E-state index contributed by atoms with van der Waals surface area (Å²) < 4.78 is 11.0. The van der Waals surface area contributed by atoms with E-state index in [0.29, 0.717) is 6.42 Å². The molecule has 1 aliphatic heterocycles. The molecule has 0 unspecified atom stereocenters. The minimum Gasteiger partial charge on any atom is -0.481 e. The van der Waals surface area contributed by atoms with Crippen LogP contribution in [-0.2, 0) is 14.3 Å². The van der Waals surface area contributed by atoms with Crippen LogP contribution in [0.25, 0.3) is 0 Å². The van der Waals surface area contributed by atoms with Gasteiger partial charge in [0.25, 0.3) is 0 Å². The van der Waals surface area contributed by atoms with Crippen LogP contribution in [0.5, 0.6) is 0 Å². The molecule has 0 aromatic carbocycles. The molecule has 1 heterocycles. The maximum absolute atomic E-state index is 10.4. The summed E-state index contributed by atoms with van der Waals surface area (Å²) in [5.41, 5.74) is 0. The first-order chi connectivity index (χ1) is 8.90. The maximum atomic E-state index is 10.4. The van der Waals surface area contributed by atoms with E-state index >= 15 is 0 Å². The first kappa shape index (κ1) is 16.4. The molecule has 0 amide bonds. The SMILES string of the molecule is C[C@H](CCCCC(=O)O)O[C@@H]1O[C@H](C)[C@@H](O)C[C@H]1O. The van der Waals surface area contributed by atoms with Crippen LogP contribution in [0.2, 0.25) is 0 Å². The third kappa shape index (κ3) is 5.86. The fraction of sp³-hybridized carbons (Fsp3) is 0.923. The number of hydrogen-bond donors (Lipinski definition) is 3. The number of carboxylic acid groups (broad SMARTS) is 1. The third-order valence-electron chi connectivity index (χ3n) is 3.31. The highest BCUT2D eigenvalue weighted by Crippen LogP contribution is 2.23. The zero-order valence-electron chi connectivity index (χ0n) is 11.5. The molecule has 6 nitrogen and oxygen atoms in total. The number of unbranched alkanes of at least 4 members (excludes halogenated alkanes) is 1. The van der Waals surface area contributed by atoms with Gasteiger partial charge in [0.05, 0.1) is 18.3 Å². The molecule has 0 spiro atoms. The van der Waals surface area contributed by atoms with Crippen molar-refractivity contribution in [3.8, 4) is 0 Å². The fourth-order valence-electron chi connectivity index (χ4n) is 2.07. The Morgan fingerprint density at radius 1 is 1.37 bits per heavy atom. The molecule has 0 saturated carbocycles. The molecule has 1 rings (SSSR count). The standard InChI is InChI=1S/C13H24O6/c1-8(5-3-4-6-12(16)17)18-13-11(15)7-10(14)9(2)19-13/h8-11,13-15H,3-7H2,1-2H3,(H,16,17)/t8-,9-,10+,11-,13-/m1/s1. The van der Waals surface area contributed by atoms with Gasteiger partial charge in [-0.25, -0.2) is 0 Å². The van der Waals surface area contributed by atoms with Gasteiger partial charge in [-0.1, -0.05) is 6.42 Å². The lowest BCUT2D eigenvalue weighted by Gasteiger charge is -2.36. The third-order valence-corrected chi connectivity index (χ3v) is 3.31. The van der Waals surface area contributed by atoms with E-state index < -0.39 is 24.5 Å². The second kappa shape index (κ2) is 7.79. The van der Waals surface area contributed by atoms with Crippen molar-refractivity contribution in [3.63, 3.8) is 0 Å². The molecular formula is C13H24O6. The summed E-state index contributed by atoms with van der Waals surface area (Å²) in [5, 5.41) is 27.8. The van der Waals surface area contributed by atoms with Crippen molar-refractivity contribution in [2.45, 2.75) is 76.7 Å². The van der Waals surface area contributed by atoms with Crippen LogP contribution in [0, 0.1) is 0 Å². The number of ether oxygens (including phenoxy) is 2. The average Bonchev–Trinajstić information content (AvgIpc) is 2.31. The molecule has 0 aromatic rings. The topological polar surface area (TPSA) is 96.2 Å². The summed E-state index contributed by atoms with van der Waals surface area (Å²) in [6.07, 6.45) is -0.169. The van der Waals surface area contributed by atoms with Crippen molar-refractivity contribution < 1.29 is 29.6 Å². The van der Waals surface area contributed by atoms with Gasteiger partial charge in [0.2, 0.25) is 0 Å². The van der Waals surface area contributed by atoms with Gasteiger partial charge in [0, 0.05) is 12.8 Å². The molecule has 1 fully saturated rings. The Kier molecular flexibility index (Phi) is 6.71. The Morgan fingerprint density at radius 2 is 2.05 bits per heavy atom. The van der Waals surface area contributed by atoms with Gasteiger partial charge in [0.15, 0.2) is 6.29 Å². The Hall–Kier alpha value is -0.690. The molecule has 1 saturated heterocycles. The van der Waals surface area contributed by atoms with E-state index in [-0.39, 0.29) is 25.0 Å². The van der Waals surface area contributed by atoms with Crippen molar-refractivity contribution in [2.24, 2.45) is 0 Å². The highest BCUT2D eigenvalue weighted by atomic mass is 16.7. The summed E-state index contributed by atoms with van der Waals surface area (Å²) in [7, 11) is 0. The van der Waals surface area contributed by atoms with E-state index in [1.54, 1.807) is 6.92 Å². The van der Waals surface area contributed by atoms with Crippen LogP contribution in [0.4, 0.5) is 0 Å². The Labute approximate surface area is 113 Å². The van der Waals surface area contributed by atoms with Crippen molar-refractivity contribution in [1.29, 1.82) is 0 Å². The zero-order chi connectivity index (χ0) is 14.4. The molecule has 3 N–H and O–H groups in total. The molecule has 112 valence electrons. The Balaban J connectivity index is 2.23. The minimum absolute atomic E-state index is 0.115. The minimum atomic E-state index is -0.826.